The lowest BCUT2D eigenvalue weighted by Gasteiger charge is -2.17. The molecule has 0 aliphatic heterocycles. The summed E-state index contributed by atoms with van der Waals surface area (Å²) in [5, 5.41) is 0.248. The maximum absolute atomic E-state index is 12.1. The van der Waals surface area contributed by atoms with E-state index in [2.05, 4.69) is 0 Å². The standard InChI is InChI=1S/C11H11ClF3NO/c1-16(7-11(13,14)15)6-10(17)8-4-2-3-5-9(8)12/h2-5H,6-7H2,1H3. The second-order valence-electron chi connectivity index (χ2n) is 3.69. The van der Waals surface area contributed by atoms with Crippen molar-refractivity contribution >= 4 is 17.4 Å². The quantitative estimate of drug-likeness (QED) is 0.780. The third-order valence-corrected chi connectivity index (χ3v) is 2.37. The van der Waals surface area contributed by atoms with Crippen LogP contribution >= 0.6 is 11.6 Å². The number of benzene rings is 1. The lowest BCUT2D eigenvalue weighted by atomic mass is 10.1. The van der Waals surface area contributed by atoms with Gasteiger partial charge in [0.15, 0.2) is 5.78 Å². The largest absolute Gasteiger partial charge is 0.401 e. The fourth-order valence-electron chi connectivity index (χ4n) is 1.38. The van der Waals surface area contributed by atoms with E-state index in [0.29, 0.717) is 0 Å². The SMILES string of the molecule is CN(CC(=O)c1ccccc1Cl)CC(F)(F)F. The van der Waals surface area contributed by atoms with Crippen molar-refractivity contribution < 1.29 is 18.0 Å². The number of alkyl halides is 3. The number of carbonyl (C=O) groups is 1. The van der Waals surface area contributed by atoms with E-state index in [1.165, 1.54) is 19.2 Å². The molecule has 94 valence electrons. The zero-order valence-electron chi connectivity index (χ0n) is 9.09. The predicted molar refractivity (Wildman–Crippen MR) is 59.3 cm³/mol. The maximum atomic E-state index is 12.1. The first kappa shape index (κ1) is 14.0. The number of nitrogens with zero attached hydrogens (tertiary/aromatic N) is 1. The van der Waals surface area contributed by atoms with Gasteiger partial charge in [0.05, 0.1) is 18.1 Å². The minimum Gasteiger partial charge on any atom is -0.293 e. The second kappa shape index (κ2) is 5.51. The molecule has 0 bridgehead atoms. The molecular formula is C11H11ClF3NO. The summed E-state index contributed by atoms with van der Waals surface area (Å²) in [5.74, 6) is -0.428. The van der Waals surface area contributed by atoms with Gasteiger partial charge in [0.25, 0.3) is 0 Å². The van der Waals surface area contributed by atoms with Crippen LogP contribution in [0.5, 0.6) is 0 Å². The molecule has 0 heterocycles. The van der Waals surface area contributed by atoms with E-state index in [0.717, 1.165) is 4.90 Å². The molecule has 0 saturated carbocycles. The van der Waals surface area contributed by atoms with Crippen LogP contribution in [0.25, 0.3) is 0 Å². The van der Waals surface area contributed by atoms with Gasteiger partial charge in [-0.05, 0) is 19.2 Å². The lowest BCUT2D eigenvalue weighted by molar-refractivity contribution is -0.141. The Bertz CT molecular complexity index is 406. The van der Waals surface area contributed by atoms with Crippen LogP contribution in [0.15, 0.2) is 24.3 Å². The number of likely N-dealkylation sites (N-methyl/N-ethyl adjacent to an activating group) is 1. The summed E-state index contributed by atoms with van der Waals surface area (Å²) in [5.41, 5.74) is 0.239. The highest BCUT2D eigenvalue weighted by atomic mass is 35.5. The number of hydrogen-bond acceptors (Lipinski definition) is 2. The van der Waals surface area contributed by atoms with Gasteiger partial charge in [0.1, 0.15) is 0 Å². The van der Waals surface area contributed by atoms with E-state index in [9.17, 15) is 18.0 Å². The molecule has 0 amide bonds. The van der Waals surface area contributed by atoms with Crippen LogP contribution in [0, 0.1) is 0 Å². The van der Waals surface area contributed by atoms with Crippen molar-refractivity contribution in [3.05, 3.63) is 34.9 Å². The Morgan fingerprint density at radius 3 is 2.47 bits per heavy atom. The summed E-state index contributed by atoms with van der Waals surface area (Å²) in [6.45, 7) is -1.44. The van der Waals surface area contributed by atoms with Crippen LogP contribution in [0.3, 0.4) is 0 Å². The minimum absolute atomic E-state index is 0.239. The van der Waals surface area contributed by atoms with Crippen molar-refractivity contribution in [1.82, 2.24) is 4.90 Å². The Balaban J connectivity index is 2.64. The van der Waals surface area contributed by atoms with Crippen molar-refractivity contribution in [2.45, 2.75) is 6.18 Å². The van der Waals surface area contributed by atoms with Crippen LogP contribution in [0.2, 0.25) is 5.02 Å². The number of hydrogen-bond donors (Lipinski definition) is 0. The van der Waals surface area contributed by atoms with Crippen LogP contribution in [0.1, 0.15) is 10.4 Å². The van der Waals surface area contributed by atoms with Crippen molar-refractivity contribution in [2.75, 3.05) is 20.1 Å². The molecule has 6 heteroatoms. The van der Waals surface area contributed by atoms with Crippen molar-refractivity contribution in [3.63, 3.8) is 0 Å². The first-order chi connectivity index (χ1) is 7.79. The highest BCUT2D eigenvalue weighted by Gasteiger charge is 2.30. The van der Waals surface area contributed by atoms with E-state index in [-0.39, 0.29) is 17.1 Å². The monoisotopic (exact) mass is 265 g/mol. The highest BCUT2D eigenvalue weighted by Crippen LogP contribution is 2.18. The molecule has 1 rings (SSSR count). The Kier molecular flexibility index (Phi) is 4.54. The summed E-state index contributed by atoms with van der Waals surface area (Å²) in [4.78, 5) is 12.6. The van der Waals surface area contributed by atoms with Crippen LogP contribution in [0.4, 0.5) is 13.2 Å². The first-order valence-corrected chi connectivity index (χ1v) is 5.20. The van der Waals surface area contributed by atoms with Gasteiger partial charge >= 0.3 is 6.18 Å². The molecule has 0 aliphatic carbocycles. The average Bonchev–Trinajstić information content (AvgIpc) is 2.14. The molecule has 0 radical (unpaired) electrons. The van der Waals surface area contributed by atoms with Crippen molar-refractivity contribution in [2.24, 2.45) is 0 Å². The van der Waals surface area contributed by atoms with Crippen LogP contribution in [-0.4, -0.2) is 37.0 Å². The summed E-state index contributed by atoms with van der Waals surface area (Å²) in [7, 11) is 1.24. The van der Waals surface area contributed by atoms with E-state index >= 15 is 0 Å². The molecule has 0 unspecified atom stereocenters. The summed E-state index contributed by atoms with van der Waals surface area (Å²) in [6, 6.07) is 6.28. The third kappa shape index (κ3) is 4.75. The fourth-order valence-corrected chi connectivity index (χ4v) is 1.62. The van der Waals surface area contributed by atoms with Gasteiger partial charge in [-0.3, -0.25) is 9.69 Å². The molecule has 2 nitrogen and oxygen atoms in total. The van der Waals surface area contributed by atoms with Gasteiger partial charge in [-0.1, -0.05) is 23.7 Å². The zero-order chi connectivity index (χ0) is 13.1. The van der Waals surface area contributed by atoms with Crippen LogP contribution in [-0.2, 0) is 0 Å². The average molecular weight is 266 g/mol. The molecule has 1 aromatic carbocycles. The summed E-state index contributed by atoms with van der Waals surface area (Å²) < 4.78 is 36.2. The summed E-state index contributed by atoms with van der Waals surface area (Å²) in [6.07, 6.45) is -4.31. The zero-order valence-corrected chi connectivity index (χ0v) is 9.85. The molecule has 17 heavy (non-hydrogen) atoms. The summed E-state index contributed by atoms with van der Waals surface area (Å²) >= 11 is 5.77. The molecule has 1 aromatic rings. The first-order valence-electron chi connectivity index (χ1n) is 4.82. The van der Waals surface area contributed by atoms with E-state index in [1.807, 2.05) is 0 Å². The van der Waals surface area contributed by atoms with E-state index in [4.69, 9.17) is 11.6 Å². The number of carbonyl (C=O) groups excluding carboxylic acids is 1. The fraction of sp³-hybridized carbons (Fsp3) is 0.364. The van der Waals surface area contributed by atoms with Crippen LogP contribution < -0.4 is 0 Å². The molecule has 0 atom stereocenters. The van der Waals surface area contributed by atoms with E-state index in [1.54, 1.807) is 12.1 Å². The topological polar surface area (TPSA) is 20.3 Å². The van der Waals surface area contributed by atoms with Gasteiger partial charge < -0.3 is 0 Å². The number of ketones is 1. The molecule has 0 fully saturated rings. The third-order valence-electron chi connectivity index (χ3n) is 2.04. The van der Waals surface area contributed by atoms with Crippen molar-refractivity contribution in [3.8, 4) is 0 Å². The minimum atomic E-state index is -4.31. The Hall–Kier alpha value is -1.07. The van der Waals surface area contributed by atoms with Gasteiger partial charge in [0, 0.05) is 5.56 Å². The lowest BCUT2D eigenvalue weighted by Crippen LogP contribution is -2.34. The van der Waals surface area contributed by atoms with Gasteiger partial charge in [0.2, 0.25) is 0 Å². The number of rotatable bonds is 4. The molecule has 0 aliphatic rings. The number of Topliss-reactive ketones (excluding diaryl/α,β-unsaturated/α-hetero) is 1. The Morgan fingerprint density at radius 1 is 1.35 bits per heavy atom. The maximum Gasteiger partial charge on any atom is 0.401 e. The van der Waals surface area contributed by atoms with Crippen molar-refractivity contribution in [1.29, 1.82) is 0 Å². The Labute approximate surface area is 102 Å². The van der Waals surface area contributed by atoms with Gasteiger partial charge in [-0.15, -0.1) is 0 Å². The highest BCUT2D eigenvalue weighted by molar-refractivity contribution is 6.34. The molecule has 0 spiro atoms. The smallest absolute Gasteiger partial charge is 0.293 e. The van der Waals surface area contributed by atoms with Gasteiger partial charge in [-0.25, -0.2) is 0 Å². The van der Waals surface area contributed by atoms with Gasteiger partial charge in [-0.2, -0.15) is 13.2 Å². The number of halogens is 4. The molecular weight excluding hydrogens is 255 g/mol. The Morgan fingerprint density at radius 2 is 1.94 bits per heavy atom. The molecule has 0 saturated heterocycles. The normalized spacial score (nSPS) is 11.9. The molecule has 0 aromatic heterocycles. The molecule has 0 N–H and O–H groups in total. The van der Waals surface area contributed by atoms with E-state index < -0.39 is 18.5 Å². The predicted octanol–water partition coefficient (Wildman–Crippen LogP) is 3.02. The second-order valence-corrected chi connectivity index (χ2v) is 4.10.